The maximum atomic E-state index is 12.2. The SMILES string of the molecule is CC(C)(C)OC(=O)N1C[C@@H](OS(C)(=O)=O)C[C@@H]1COS(C)(=O)=O. The van der Waals surface area contributed by atoms with E-state index in [0.29, 0.717) is 0 Å². The number of hydrogen-bond donors (Lipinski definition) is 0. The van der Waals surface area contributed by atoms with Crippen molar-refractivity contribution >= 4 is 26.3 Å². The maximum absolute atomic E-state index is 12.2. The van der Waals surface area contributed by atoms with Crippen molar-refractivity contribution < 1.29 is 34.7 Å². The van der Waals surface area contributed by atoms with Gasteiger partial charge in [-0.15, -0.1) is 0 Å². The zero-order chi connectivity index (χ0) is 18.1. The van der Waals surface area contributed by atoms with E-state index in [4.69, 9.17) is 13.1 Å². The molecule has 0 saturated carbocycles. The van der Waals surface area contributed by atoms with Crippen LogP contribution in [0, 0.1) is 0 Å². The Labute approximate surface area is 137 Å². The Kier molecular flexibility index (Phi) is 6.05. The molecule has 0 bridgehead atoms. The van der Waals surface area contributed by atoms with E-state index in [1.165, 1.54) is 4.90 Å². The molecule has 1 amide bonds. The minimum atomic E-state index is -3.70. The van der Waals surface area contributed by atoms with Crippen molar-refractivity contribution in [3.8, 4) is 0 Å². The van der Waals surface area contributed by atoms with Gasteiger partial charge >= 0.3 is 6.09 Å². The van der Waals surface area contributed by atoms with Crippen LogP contribution in [-0.2, 0) is 33.3 Å². The molecule has 11 heteroatoms. The zero-order valence-corrected chi connectivity index (χ0v) is 15.4. The Morgan fingerprint density at radius 3 is 2.13 bits per heavy atom. The standard InChI is InChI=1S/C12H23NO8S2/c1-12(2,3)20-11(14)13-7-10(21-23(5,17)18)6-9(13)8-19-22(4,15)16/h9-10H,6-8H2,1-5H3/t9-,10+/m1/s1. The van der Waals surface area contributed by atoms with Crippen molar-refractivity contribution in [1.29, 1.82) is 0 Å². The third kappa shape index (κ3) is 7.95. The highest BCUT2D eigenvalue weighted by molar-refractivity contribution is 7.86. The van der Waals surface area contributed by atoms with Gasteiger partial charge in [0.25, 0.3) is 20.2 Å². The highest BCUT2D eigenvalue weighted by atomic mass is 32.2. The average molecular weight is 373 g/mol. The first-order valence-corrected chi connectivity index (χ1v) is 10.5. The summed E-state index contributed by atoms with van der Waals surface area (Å²) in [6.45, 7) is 4.75. The first-order chi connectivity index (χ1) is 10.2. The summed E-state index contributed by atoms with van der Waals surface area (Å²) in [5.74, 6) is 0. The van der Waals surface area contributed by atoms with E-state index < -0.39 is 44.1 Å². The summed E-state index contributed by atoms with van der Waals surface area (Å²) >= 11 is 0. The summed E-state index contributed by atoms with van der Waals surface area (Å²) < 4.78 is 59.6. The number of nitrogens with zero attached hydrogens (tertiary/aromatic N) is 1. The van der Waals surface area contributed by atoms with Crippen LogP contribution in [0.25, 0.3) is 0 Å². The fourth-order valence-electron chi connectivity index (χ4n) is 2.09. The third-order valence-corrected chi connectivity index (χ3v) is 3.98. The summed E-state index contributed by atoms with van der Waals surface area (Å²) in [7, 11) is -7.38. The maximum Gasteiger partial charge on any atom is 0.410 e. The summed E-state index contributed by atoms with van der Waals surface area (Å²) in [5.41, 5.74) is -0.741. The number of amides is 1. The van der Waals surface area contributed by atoms with Crippen LogP contribution in [0.3, 0.4) is 0 Å². The molecule has 1 aliphatic heterocycles. The monoisotopic (exact) mass is 373 g/mol. The molecule has 0 aromatic heterocycles. The molecule has 1 rings (SSSR count). The summed E-state index contributed by atoms with van der Waals surface area (Å²) in [5, 5.41) is 0. The second-order valence-electron chi connectivity index (χ2n) is 6.43. The van der Waals surface area contributed by atoms with Gasteiger partial charge < -0.3 is 9.64 Å². The number of rotatable bonds is 5. The van der Waals surface area contributed by atoms with Gasteiger partial charge in [0.15, 0.2) is 0 Å². The van der Waals surface area contributed by atoms with Crippen LogP contribution in [0.15, 0.2) is 0 Å². The first-order valence-electron chi connectivity index (χ1n) is 6.88. The predicted molar refractivity (Wildman–Crippen MR) is 81.9 cm³/mol. The summed E-state index contributed by atoms with van der Waals surface area (Å²) in [6.07, 6.45) is 0.474. The molecule has 0 aromatic rings. The van der Waals surface area contributed by atoms with Crippen LogP contribution in [0.2, 0.25) is 0 Å². The number of ether oxygens (including phenoxy) is 1. The van der Waals surface area contributed by atoms with E-state index in [1.54, 1.807) is 20.8 Å². The molecule has 1 aliphatic rings. The molecule has 0 aliphatic carbocycles. The van der Waals surface area contributed by atoms with Gasteiger partial charge in [0.1, 0.15) is 5.60 Å². The molecule has 0 N–H and O–H groups in total. The van der Waals surface area contributed by atoms with Gasteiger partial charge in [-0.05, 0) is 27.2 Å². The smallest absolute Gasteiger partial charge is 0.410 e. The zero-order valence-electron chi connectivity index (χ0n) is 13.8. The number of likely N-dealkylation sites (tertiary alicyclic amines) is 1. The lowest BCUT2D eigenvalue weighted by atomic mass is 10.2. The average Bonchev–Trinajstić information content (AvgIpc) is 2.63. The molecule has 0 unspecified atom stereocenters. The van der Waals surface area contributed by atoms with Crippen LogP contribution >= 0.6 is 0 Å². The van der Waals surface area contributed by atoms with Crippen LogP contribution in [0.5, 0.6) is 0 Å². The molecule has 1 fully saturated rings. The van der Waals surface area contributed by atoms with Crippen molar-refractivity contribution in [2.75, 3.05) is 25.7 Å². The Bertz CT molecular complexity index is 634. The van der Waals surface area contributed by atoms with Crippen LogP contribution in [0.1, 0.15) is 27.2 Å². The Balaban J connectivity index is 2.85. The van der Waals surface area contributed by atoms with Gasteiger partial charge in [-0.2, -0.15) is 16.8 Å². The van der Waals surface area contributed by atoms with Crippen molar-refractivity contribution in [3.05, 3.63) is 0 Å². The van der Waals surface area contributed by atoms with E-state index in [2.05, 4.69) is 0 Å². The van der Waals surface area contributed by atoms with Crippen LogP contribution in [0.4, 0.5) is 4.79 Å². The third-order valence-electron chi connectivity index (χ3n) is 2.79. The van der Waals surface area contributed by atoms with Gasteiger partial charge in [0.05, 0.1) is 37.8 Å². The van der Waals surface area contributed by atoms with Crippen molar-refractivity contribution in [2.24, 2.45) is 0 Å². The Morgan fingerprint density at radius 2 is 1.70 bits per heavy atom. The van der Waals surface area contributed by atoms with Crippen molar-refractivity contribution in [2.45, 2.75) is 44.9 Å². The van der Waals surface area contributed by atoms with Crippen molar-refractivity contribution in [3.63, 3.8) is 0 Å². The van der Waals surface area contributed by atoms with Crippen LogP contribution in [-0.4, -0.2) is 71.2 Å². The fourth-order valence-corrected chi connectivity index (χ4v) is 3.13. The number of carbonyl (C=O) groups is 1. The molecule has 0 radical (unpaired) electrons. The van der Waals surface area contributed by atoms with E-state index in [1.807, 2.05) is 0 Å². The van der Waals surface area contributed by atoms with Gasteiger partial charge in [-0.3, -0.25) is 8.37 Å². The molecule has 1 heterocycles. The van der Waals surface area contributed by atoms with E-state index in [9.17, 15) is 21.6 Å². The van der Waals surface area contributed by atoms with Crippen LogP contribution < -0.4 is 0 Å². The molecule has 0 aromatic carbocycles. The molecule has 0 spiro atoms. The highest BCUT2D eigenvalue weighted by Gasteiger charge is 2.40. The number of carbonyl (C=O) groups excluding carboxylic acids is 1. The van der Waals surface area contributed by atoms with Crippen molar-refractivity contribution in [1.82, 2.24) is 4.90 Å². The topological polar surface area (TPSA) is 116 Å². The first kappa shape index (κ1) is 20.1. The summed E-state index contributed by atoms with van der Waals surface area (Å²) in [6, 6.07) is -0.661. The summed E-state index contributed by atoms with van der Waals surface area (Å²) in [4.78, 5) is 13.4. The normalized spacial score (nSPS) is 23.1. The minimum absolute atomic E-state index is 0.0280. The van der Waals surface area contributed by atoms with E-state index in [0.717, 1.165) is 12.5 Å². The van der Waals surface area contributed by atoms with E-state index >= 15 is 0 Å². The largest absolute Gasteiger partial charge is 0.444 e. The second kappa shape index (κ2) is 6.91. The highest BCUT2D eigenvalue weighted by Crippen LogP contribution is 2.24. The van der Waals surface area contributed by atoms with Gasteiger partial charge in [-0.1, -0.05) is 0 Å². The van der Waals surface area contributed by atoms with Gasteiger partial charge in [-0.25, -0.2) is 4.79 Å². The van der Waals surface area contributed by atoms with Gasteiger partial charge in [0.2, 0.25) is 0 Å². The Hall–Kier alpha value is -0.910. The fraction of sp³-hybridized carbons (Fsp3) is 0.917. The molecule has 2 atom stereocenters. The lowest BCUT2D eigenvalue weighted by molar-refractivity contribution is 0.0178. The quantitative estimate of drug-likeness (QED) is 0.633. The molecule has 136 valence electrons. The minimum Gasteiger partial charge on any atom is -0.444 e. The second-order valence-corrected chi connectivity index (χ2v) is 9.68. The molecule has 1 saturated heterocycles. The number of hydrogen-bond acceptors (Lipinski definition) is 8. The molecule has 23 heavy (non-hydrogen) atoms. The molecular formula is C12H23NO8S2. The lowest BCUT2D eigenvalue weighted by Gasteiger charge is -2.28. The van der Waals surface area contributed by atoms with Gasteiger partial charge in [0, 0.05) is 0 Å². The Morgan fingerprint density at radius 1 is 1.13 bits per heavy atom. The predicted octanol–water partition coefficient (Wildman–Crippen LogP) is 0.317. The molecular weight excluding hydrogens is 350 g/mol. The van der Waals surface area contributed by atoms with E-state index in [-0.39, 0.29) is 19.6 Å². The lowest BCUT2D eigenvalue weighted by Crippen LogP contribution is -2.42. The molecule has 9 nitrogen and oxygen atoms in total.